The highest BCUT2D eigenvalue weighted by molar-refractivity contribution is 7.09. The number of allylic oxidation sites excluding steroid dienone is 1. The lowest BCUT2D eigenvalue weighted by molar-refractivity contribution is 0.178. The minimum Gasteiger partial charge on any atom is -0.298 e. The minimum atomic E-state index is 0.314. The molecular weight excluding hydrogens is 262 g/mol. The molecule has 2 heterocycles. The van der Waals surface area contributed by atoms with Gasteiger partial charge in [-0.1, -0.05) is 36.4 Å². The number of piperidine rings is 1. The number of likely N-dealkylation sites (tertiary alicyclic amines) is 1. The van der Waals surface area contributed by atoms with Gasteiger partial charge in [0.25, 0.3) is 0 Å². The van der Waals surface area contributed by atoms with Crippen LogP contribution in [-0.4, -0.2) is 18.0 Å². The molecule has 2 heteroatoms. The number of hydrogen-bond acceptors (Lipinski definition) is 2. The molecule has 1 aromatic carbocycles. The van der Waals surface area contributed by atoms with E-state index in [4.69, 9.17) is 0 Å². The van der Waals surface area contributed by atoms with E-state index >= 15 is 0 Å². The Morgan fingerprint density at radius 1 is 1.15 bits per heavy atom. The monoisotopic (exact) mass is 280 g/mol. The van der Waals surface area contributed by atoms with Crippen LogP contribution in [-0.2, 0) is 12.0 Å². The van der Waals surface area contributed by atoms with Gasteiger partial charge in [0, 0.05) is 22.2 Å². The molecule has 0 amide bonds. The lowest BCUT2D eigenvalue weighted by Gasteiger charge is -2.39. The number of benzene rings is 1. The molecule has 1 spiro atoms. The van der Waals surface area contributed by atoms with Crippen molar-refractivity contribution in [2.24, 2.45) is 0 Å². The van der Waals surface area contributed by atoms with E-state index in [1.807, 2.05) is 6.07 Å². The number of hydrogen-bond donors (Lipinski definition) is 0. The van der Waals surface area contributed by atoms with Crippen LogP contribution < -0.4 is 0 Å². The van der Waals surface area contributed by atoms with E-state index in [-0.39, 0.29) is 0 Å². The highest BCUT2D eigenvalue weighted by Gasteiger charge is 2.37. The van der Waals surface area contributed by atoms with E-state index < -0.39 is 0 Å². The van der Waals surface area contributed by atoms with Gasteiger partial charge >= 0.3 is 0 Å². The van der Waals surface area contributed by atoms with Crippen LogP contribution in [0.5, 0.6) is 0 Å². The van der Waals surface area contributed by atoms with E-state index in [1.165, 1.54) is 36.4 Å². The third kappa shape index (κ3) is 2.04. The summed E-state index contributed by atoms with van der Waals surface area (Å²) in [7, 11) is 0. The second-order valence-corrected chi connectivity index (χ2v) is 6.84. The summed E-state index contributed by atoms with van der Waals surface area (Å²) in [5, 5.41) is 3.18. The molecule has 1 nitrogen and oxygen atoms in total. The second kappa shape index (κ2) is 4.87. The molecule has 0 N–H and O–H groups in total. The molecule has 0 saturated carbocycles. The van der Waals surface area contributed by atoms with Gasteiger partial charge in [-0.3, -0.25) is 4.90 Å². The van der Waals surface area contributed by atoms with Crippen molar-refractivity contribution in [3.05, 3.63) is 63.9 Å². The fourth-order valence-electron chi connectivity index (χ4n) is 3.56. The van der Waals surface area contributed by atoms with Gasteiger partial charge in [0.1, 0.15) is 0 Å². The Morgan fingerprint density at radius 3 is 2.80 bits per heavy atom. The van der Waals surface area contributed by atoms with E-state index in [0.29, 0.717) is 5.41 Å². The molecule has 2 aromatic rings. The number of nitrogens with zero attached hydrogens (tertiary/aromatic N) is 1. The first kappa shape index (κ1) is 12.4. The molecule has 101 valence electrons. The quantitative estimate of drug-likeness (QED) is 0.800. The maximum absolute atomic E-state index is 3.18. The van der Waals surface area contributed by atoms with E-state index in [1.54, 1.807) is 16.9 Å². The summed E-state index contributed by atoms with van der Waals surface area (Å²) in [5.41, 5.74) is 3.28. The van der Waals surface area contributed by atoms with Crippen LogP contribution >= 0.6 is 11.3 Å². The van der Waals surface area contributed by atoms with Gasteiger partial charge in [-0.15, -0.1) is 11.3 Å². The van der Waals surface area contributed by atoms with E-state index in [0.717, 1.165) is 6.54 Å². The number of thiophene rings is 1. The van der Waals surface area contributed by atoms with Crippen LogP contribution in [0.3, 0.4) is 0 Å². The molecule has 0 bridgehead atoms. The van der Waals surface area contributed by atoms with Gasteiger partial charge in [0.05, 0.1) is 0 Å². The average molecular weight is 280 g/mol. The number of rotatable bonds is 2. The first-order chi connectivity index (χ1) is 9.86. The summed E-state index contributed by atoms with van der Waals surface area (Å²) in [6.07, 6.45) is 7.26. The topological polar surface area (TPSA) is 3.24 Å². The predicted octanol–water partition coefficient (Wildman–Crippen LogP) is 4.11. The van der Waals surface area contributed by atoms with Crippen LogP contribution in [0.15, 0.2) is 42.5 Å². The molecule has 0 atom stereocenters. The Bertz CT molecular complexity index is 619. The van der Waals surface area contributed by atoms with Gasteiger partial charge in [0.15, 0.2) is 0 Å². The molecule has 1 aromatic heterocycles. The lowest BCUT2D eigenvalue weighted by atomic mass is 9.74. The Morgan fingerprint density at radius 2 is 2.00 bits per heavy atom. The fourth-order valence-corrected chi connectivity index (χ4v) is 4.23. The Hall–Kier alpha value is -1.38. The van der Waals surface area contributed by atoms with Crippen LogP contribution in [0.25, 0.3) is 6.08 Å². The molecule has 1 fully saturated rings. The Labute approximate surface area is 124 Å². The van der Waals surface area contributed by atoms with Crippen molar-refractivity contribution in [2.45, 2.75) is 24.8 Å². The Kier molecular flexibility index (Phi) is 3.01. The van der Waals surface area contributed by atoms with Gasteiger partial charge in [-0.05, 0) is 49.2 Å². The normalized spacial score (nSPS) is 20.4. The standard InChI is InChI=1S/C18H18NS/c1-2-6-17-15(4-1)7-8-18(17)9-11-19(12-10-18)14-16-5-3-13-20-16/h1-8H,9-12,14H2. The first-order valence-electron chi connectivity index (χ1n) is 7.32. The van der Waals surface area contributed by atoms with Gasteiger partial charge in [-0.25, -0.2) is 0 Å². The third-order valence-corrected chi connectivity index (χ3v) is 5.52. The van der Waals surface area contributed by atoms with Gasteiger partial charge in [0.2, 0.25) is 0 Å². The maximum atomic E-state index is 3.18. The zero-order chi connectivity index (χ0) is 13.4. The van der Waals surface area contributed by atoms with E-state index in [2.05, 4.69) is 52.8 Å². The third-order valence-electron chi connectivity index (χ3n) is 4.73. The highest BCUT2D eigenvalue weighted by Crippen LogP contribution is 2.43. The molecule has 1 saturated heterocycles. The minimum absolute atomic E-state index is 0.314. The van der Waals surface area contributed by atoms with Crippen molar-refractivity contribution >= 4 is 17.4 Å². The Balaban J connectivity index is 1.49. The summed E-state index contributed by atoms with van der Waals surface area (Å²) in [6.45, 7) is 3.47. The summed E-state index contributed by atoms with van der Waals surface area (Å²) >= 11 is 1.75. The number of fused-ring (bicyclic) bond motifs is 2. The molecule has 1 aliphatic heterocycles. The predicted molar refractivity (Wildman–Crippen MR) is 84.8 cm³/mol. The highest BCUT2D eigenvalue weighted by atomic mass is 32.1. The molecule has 20 heavy (non-hydrogen) atoms. The van der Waals surface area contributed by atoms with Crippen molar-refractivity contribution in [1.29, 1.82) is 0 Å². The second-order valence-electron chi connectivity index (χ2n) is 5.87. The van der Waals surface area contributed by atoms with Crippen LogP contribution in [0.4, 0.5) is 0 Å². The fraction of sp³-hybridized carbons (Fsp3) is 0.333. The molecule has 0 unspecified atom stereocenters. The molecule has 2 aliphatic rings. The summed E-state index contributed by atoms with van der Waals surface area (Å²) in [6, 6.07) is 13.1. The molecular formula is C18H18NS. The zero-order valence-electron chi connectivity index (χ0n) is 11.5. The smallest absolute Gasteiger partial charge is 0.0446 e. The van der Waals surface area contributed by atoms with Crippen molar-refractivity contribution in [3.8, 4) is 0 Å². The maximum Gasteiger partial charge on any atom is 0.0446 e. The molecule has 1 aliphatic carbocycles. The van der Waals surface area contributed by atoms with Gasteiger partial charge in [-0.2, -0.15) is 0 Å². The van der Waals surface area contributed by atoms with Crippen LogP contribution in [0, 0.1) is 5.38 Å². The van der Waals surface area contributed by atoms with Crippen molar-refractivity contribution in [3.63, 3.8) is 0 Å². The molecule has 4 rings (SSSR count). The van der Waals surface area contributed by atoms with Gasteiger partial charge < -0.3 is 0 Å². The van der Waals surface area contributed by atoms with Crippen LogP contribution in [0.2, 0.25) is 0 Å². The summed E-state index contributed by atoms with van der Waals surface area (Å²) < 4.78 is 0. The largest absolute Gasteiger partial charge is 0.298 e. The zero-order valence-corrected chi connectivity index (χ0v) is 12.3. The van der Waals surface area contributed by atoms with Crippen molar-refractivity contribution in [1.82, 2.24) is 4.90 Å². The average Bonchev–Trinajstić information content (AvgIpc) is 3.11. The molecule has 1 radical (unpaired) electrons. The SMILES string of the molecule is [c]1ccc(CN2CCC3(C=Cc4ccccc43)CC2)s1. The first-order valence-corrected chi connectivity index (χ1v) is 8.13. The lowest BCUT2D eigenvalue weighted by Crippen LogP contribution is -2.40. The van der Waals surface area contributed by atoms with Crippen molar-refractivity contribution < 1.29 is 0 Å². The van der Waals surface area contributed by atoms with Crippen LogP contribution in [0.1, 0.15) is 28.8 Å². The van der Waals surface area contributed by atoms with Crippen molar-refractivity contribution in [2.75, 3.05) is 13.1 Å². The summed E-state index contributed by atoms with van der Waals surface area (Å²) in [4.78, 5) is 4.02. The summed E-state index contributed by atoms with van der Waals surface area (Å²) in [5.74, 6) is 0. The van der Waals surface area contributed by atoms with E-state index in [9.17, 15) is 0 Å².